The molecular weight excluding hydrogens is 296 g/mol. The highest BCUT2D eigenvalue weighted by atomic mass is 32.2. The van der Waals surface area contributed by atoms with E-state index in [1.807, 2.05) is 0 Å². The molecule has 0 aromatic carbocycles. The summed E-state index contributed by atoms with van der Waals surface area (Å²) in [6.45, 7) is 2.68. The van der Waals surface area contributed by atoms with Crippen molar-refractivity contribution < 1.29 is 17.9 Å². The molecule has 2 aliphatic heterocycles. The molecule has 9 heteroatoms. The Hall–Kier alpha value is -1.45. The van der Waals surface area contributed by atoms with Crippen molar-refractivity contribution >= 4 is 15.9 Å². The predicted molar refractivity (Wildman–Crippen MR) is 72.9 cm³/mol. The van der Waals surface area contributed by atoms with Crippen molar-refractivity contribution in [3.05, 3.63) is 11.8 Å². The molecule has 3 heterocycles. The number of carbonyl (C=O) groups excluding carboxylic acids is 1. The van der Waals surface area contributed by atoms with Crippen molar-refractivity contribution in [1.82, 2.24) is 19.4 Å². The lowest BCUT2D eigenvalue weighted by Gasteiger charge is -2.26. The topological polar surface area (TPSA) is 93.5 Å². The molecule has 0 spiro atoms. The number of carbonyl (C=O) groups is 1. The molecule has 1 N–H and O–H groups in total. The Morgan fingerprint density at radius 1 is 1.38 bits per heavy atom. The summed E-state index contributed by atoms with van der Waals surface area (Å²) in [5.74, 6) is -0.613. The number of ether oxygens (including phenoxy) is 1. The molecule has 2 bridgehead atoms. The van der Waals surface area contributed by atoms with Gasteiger partial charge < -0.3 is 10.1 Å². The van der Waals surface area contributed by atoms with Crippen LogP contribution in [0.5, 0.6) is 0 Å². The van der Waals surface area contributed by atoms with Gasteiger partial charge in [-0.3, -0.25) is 9.48 Å². The SMILES string of the molecule is Cc1cc(S(=O)(=O)N2C[C@H]3COC[C@@H](C2)C(=O)N3)n(C)n1. The maximum absolute atomic E-state index is 12.8. The Labute approximate surface area is 123 Å². The maximum Gasteiger partial charge on any atom is 0.260 e. The van der Waals surface area contributed by atoms with E-state index < -0.39 is 15.9 Å². The van der Waals surface area contributed by atoms with E-state index in [1.165, 1.54) is 8.99 Å². The van der Waals surface area contributed by atoms with E-state index in [9.17, 15) is 13.2 Å². The summed E-state index contributed by atoms with van der Waals surface area (Å²) >= 11 is 0. The molecular formula is C12H18N4O4S. The molecule has 116 valence electrons. The third kappa shape index (κ3) is 2.56. The van der Waals surface area contributed by atoms with E-state index in [4.69, 9.17) is 4.74 Å². The number of hydrogen-bond acceptors (Lipinski definition) is 5. The van der Waals surface area contributed by atoms with Crippen LogP contribution in [0.25, 0.3) is 0 Å². The van der Waals surface area contributed by atoms with E-state index in [-0.39, 0.29) is 36.7 Å². The van der Waals surface area contributed by atoms with E-state index >= 15 is 0 Å². The largest absolute Gasteiger partial charge is 0.378 e. The van der Waals surface area contributed by atoms with E-state index in [2.05, 4.69) is 10.4 Å². The second-order valence-corrected chi connectivity index (χ2v) is 7.39. The molecule has 0 aliphatic carbocycles. The molecule has 1 aromatic rings. The fraction of sp³-hybridized carbons (Fsp3) is 0.667. The van der Waals surface area contributed by atoms with Crippen LogP contribution in [0.2, 0.25) is 0 Å². The number of fused-ring (bicyclic) bond motifs is 3. The molecule has 2 aliphatic rings. The van der Waals surface area contributed by atoms with Gasteiger partial charge in [0.1, 0.15) is 0 Å². The van der Waals surface area contributed by atoms with Gasteiger partial charge in [0.25, 0.3) is 10.0 Å². The van der Waals surface area contributed by atoms with Crippen molar-refractivity contribution in [1.29, 1.82) is 0 Å². The number of rotatable bonds is 2. The quantitative estimate of drug-likeness (QED) is 0.745. The zero-order valence-electron chi connectivity index (χ0n) is 11.9. The monoisotopic (exact) mass is 314 g/mol. The molecule has 0 unspecified atom stereocenters. The van der Waals surface area contributed by atoms with Crippen molar-refractivity contribution in [2.45, 2.75) is 18.0 Å². The second kappa shape index (κ2) is 5.08. The molecule has 2 saturated heterocycles. The van der Waals surface area contributed by atoms with Crippen LogP contribution in [0.3, 0.4) is 0 Å². The van der Waals surface area contributed by atoms with Crippen LogP contribution < -0.4 is 5.32 Å². The zero-order chi connectivity index (χ0) is 15.2. The van der Waals surface area contributed by atoms with Gasteiger partial charge in [-0.2, -0.15) is 9.40 Å². The summed E-state index contributed by atoms with van der Waals surface area (Å²) < 4.78 is 33.7. The summed E-state index contributed by atoms with van der Waals surface area (Å²) in [7, 11) is -2.07. The second-order valence-electron chi connectivity index (χ2n) is 5.51. The summed E-state index contributed by atoms with van der Waals surface area (Å²) in [5.41, 5.74) is 0.642. The van der Waals surface area contributed by atoms with Gasteiger partial charge in [-0.25, -0.2) is 8.42 Å². The average Bonchev–Trinajstić information content (AvgIpc) is 2.54. The van der Waals surface area contributed by atoms with Crippen molar-refractivity contribution in [3.63, 3.8) is 0 Å². The lowest BCUT2D eigenvalue weighted by atomic mass is 10.1. The molecule has 0 radical (unpaired) electrons. The Kier molecular flexibility index (Phi) is 3.50. The minimum Gasteiger partial charge on any atom is -0.378 e. The van der Waals surface area contributed by atoms with Gasteiger partial charge >= 0.3 is 0 Å². The number of nitrogens with one attached hydrogen (secondary N) is 1. The molecule has 8 nitrogen and oxygen atoms in total. The summed E-state index contributed by atoms with van der Waals surface area (Å²) in [6, 6.07) is 1.23. The summed E-state index contributed by atoms with van der Waals surface area (Å²) in [6.07, 6.45) is 0. The predicted octanol–water partition coefficient (Wildman–Crippen LogP) is -1.14. The molecule has 2 fully saturated rings. The molecule has 3 rings (SSSR count). The van der Waals surface area contributed by atoms with Gasteiger partial charge in [-0.1, -0.05) is 0 Å². The van der Waals surface area contributed by atoms with Gasteiger partial charge in [-0.05, 0) is 13.0 Å². The molecule has 2 atom stereocenters. The van der Waals surface area contributed by atoms with Gasteiger partial charge in [-0.15, -0.1) is 0 Å². The minimum atomic E-state index is -3.67. The smallest absolute Gasteiger partial charge is 0.260 e. The number of nitrogens with zero attached hydrogens (tertiary/aromatic N) is 3. The molecule has 1 aromatic heterocycles. The van der Waals surface area contributed by atoms with Crippen molar-refractivity contribution in [2.75, 3.05) is 26.3 Å². The lowest BCUT2D eigenvalue weighted by Crippen LogP contribution is -2.44. The van der Waals surface area contributed by atoms with Gasteiger partial charge in [0.2, 0.25) is 5.91 Å². The number of amides is 1. The van der Waals surface area contributed by atoms with Gasteiger partial charge in [0.05, 0.1) is 30.9 Å². The summed E-state index contributed by atoms with van der Waals surface area (Å²) in [4.78, 5) is 11.9. The Morgan fingerprint density at radius 2 is 2.14 bits per heavy atom. The molecule has 21 heavy (non-hydrogen) atoms. The van der Waals surface area contributed by atoms with Crippen LogP contribution in [0.1, 0.15) is 5.69 Å². The zero-order valence-corrected chi connectivity index (χ0v) is 12.8. The first-order chi connectivity index (χ1) is 9.88. The Bertz CT molecular complexity index is 669. The lowest BCUT2D eigenvalue weighted by molar-refractivity contribution is -0.125. The van der Waals surface area contributed by atoms with E-state index in [1.54, 1.807) is 20.0 Å². The number of sulfonamides is 1. The van der Waals surface area contributed by atoms with Crippen LogP contribution in [0.4, 0.5) is 0 Å². The highest BCUT2D eigenvalue weighted by molar-refractivity contribution is 7.89. The Balaban J connectivity index is 1.96. The van der Waals surface area contributed by atoms with Crippen LogP contribution in [-0.4, -0.2) is 60.8 Å². The van der Waals surface area contributed by atoms with Crippen molar-refractivity contribution in [3.8, 4) is 0 Å². The molecule has 1 amide bonds. The van der Waals surface area contributed by atoms with Gasteiger partial charge in [0, 0.05) is 20.1 Å². The van der Waals surface area contributed by atoms with Crippen LogP contribution in [0, 0.1) is 12.8 Å². The van der Waals surface area contributed by atoms with Crippen molar-refractivity contribution in [2.24, 2.45) is 13.0 Å². The van der Waals surface area contributed by atoms with Crippen LogP contribution in [0.15, 0.2) is 11.1 Å². The fourth-order valence-electron chi connectivity index (χ4n) is 2.75. The van der Waals surface area contributed by atoms with E-state index in [0.29, 0.717) is 12.3 Å². The first-order valence-electron chi connectivity index (χ1n) is 6.77. The van der Waals surface area contributed by atoms with Crippen LogP contribution in [-0.2, 0) is 26.6 Å². The first kappa shape index (κ1) is 14.5. The number of aryl methyl sites for hydroxylation is 2. The highest BCUT2D eigenvalue weighted by Gasteiger charge is 2.39. The minimum absolute atomic E-state index is 0.134. The van der Waals surface area contributed by atoms with Gasteiger partial charge in [0.15, 0.2) is 5.03 Å². The summed E-state index contributed by atoms with van der Waals surface area (Å²) in [5, 5.41) is 7.05. The normalized spacial score (nSPS) is 27.2. The highest BCUT2D eigenvalue weighted by Crippen LogP contribution is 2.22. The fourth-order valence-corrected chi connectivity index (χ4v) is 4.46. The number of hydrogen-bond donors (Lipinski definition) is 1. The van der Waals surface area contributed by atoms with E-state index in [0.717, 1.165) is 0 Å². The maximum atomic E-state index is 12.8. The molecule has 0 saturated carbocycles. The first-order valence-corrected chi connectivity index (χ1v) is 8.21. The Morgan fingerprint density at radius 3 is 2.81 bits per heavy atom. The van der Waals surface area contributed by atoms with Crippen LogP contribution >= 0.6 is 0 Å². The third-order valence-corrected chi connectivity index (χ3v) is 5.66. The standard InChI is InChI=1S/C12H18N4O4S/c1-8-3-11(15(2)14-8)21(18,19)16-4-9-6-20-7-10(5-16)13-12(9)17/h3,9-10H,4-7H2,1-2H3,(H,13,17)/t9-,10+/m1/s1. The number of aromatic nitrogens is 2. The third-order valence-electron chi connectivity index (χ3n) is 3.77. The average molecular weight is 314 g/mol.